The number of piperidine rings is 1. The van der Waals surface area contributed by atoms with Gasteiger partial charge in [-0.15, -0.1) is 0 Å². The highest BCUT2D eigenvalue weighted by Gasteiger charge is 2.50. The van der Waals surface area contributed by atoms with Gasteiger partial charge in [-0.1, -0.05) is 6.42 Å². The standard InChI is InChI=1S/C22H40BN3O10/c1-13(27)15(24-18(31)35-20(2,3)4)16(28)26-11-14(8-9-23(33)34)10-22(12-26,17(29)30)25-19(32)36-21(5,6)7/h13-15,27,33-34H,8-12H2,1-7H3,(H,24,31)(H,25,32)(H,29,30)/t13?,14-,15?,22+/m0/s1. The second-order valence-electron chi connectivity index (χ2n) is 11.2. The summed E-state index contributed by atoms with van der Waals surface area (Å²) >= 11 is 0. The molecule has 6 N–H and O–H groups in total. The van der Waals surface area contributed by atoms with E-state index in [1.54, 1.807) is 41.5 Å². The number of rotatable bonds is 8. The number of likely N-dealkylation sites (tertiary alicyclic amines) is 1. The van der Waals surface area contributed by atoms with Crippen LogP contribution in [0.5, 0.6) is 0 Å². The normalized spacial score (nSPS) is 22.2. The Balaban J connectivity index is 3.28. The van der Waals surface area contributed by atoms with Crippen molar-refractivity contribution in [3.05, 3.63) is 0 Å². The Bertz CT molecular complexity index is 809. The molecule has 1 rings (SSSR count). The van der Waals surface area contributed by atoms with Crippen LogP contribution in [0.1, 0.15) is 61.3 Å². The summed E-state index contributed by atoms with van der Waals surface area (Å²) in [6.45, 7) is 10.5. The van der Waals surface area contributed by atoms with Crippen LogP contribution in [-0.4, -0.2) is 98.3 Å². The average molecular weight is 517 g/mol. The predicted octanol–water partition coefficient (Wildman–Crippen LogP) is 0.320. The molecule has 3 amide bonds. The summed E-state index contributed by atoms with van der Waals surface area (Å²) in [5.41, 5.74) is -3.74. The van der Waals surface area contributed by atoms with Crippen molar-refractivity contribution in [1.82, 2.24) is 15.5 Å². The monoisotopic (exact) mass is 517 g/mol. The average Bonchev–Trinajstić information content (AvgIpc) is 2.66. The molecule has 206 valence electrons. The van der Waals surface area contributed by atoms with Crippen LogP contribution in [0.15, 0.2) is 0 Å². The number of hydrogen-bond donors (Lipinski definition) is 6. The Hall–Kier alpha value is -2.58. The zero-order valence-electron chi connectivity index (χ0n) is 22.0. The number of aliphatic hydroxyl groups excluding tert-OH is 1. The molecule has 14 heteroatoms. The van der Waals surface area contributed by atoms with E-state index in [4.69, 9.17) is 9.47 Å². The molecule has 0 bridgehead atoms. The van der Waals surface area contributed by atoms with Crippen LogP contribution in [0.25, 0.3) is 0 Å². The number of carbonyl (C=O) groups is 4. The molecule has 0 aromatic heterocycles. The van der Waals surface area contributed by atoms with Gasteiger partial charge in [0.1, 0.15) is 17.2 Å². The lowest BCUT2D eigenvalue weighted by Crippen LogP contribution is -2.68. The summed E-state index contributed by atoms with van der Waals surface area (Å²) < 4.78 is 10.4. The van der Waals surface area contributed by atoms with E-state index in [1.165, 1.54) is 6.92 Å². The van der Waals surface area contributed by atoms with Crippen LogP contribution >= 0.6 is 0 Å². The van der Waals surface area contributed by atoms with E-state index in [0.29, 0.717) is 0 Å². The molecule has 0 aromatic carbocycles. The van der Waals surface area contributed by atoms with Crippen LogP contribution in [-0.2, 0) is 19.1 Å². The van der Waals surface area contributed by atoms with Crippen LogP contribution in [0.4, 0.5) is 9.59 Å². The Morgan fingerprint density at radius 2 is 1.58 bits per heavy atom. The quantitative estimate of drug-likeness (QED) is 0.244. The van der Waals surface area contributed by atoms with E-state index in [1.807, 2.05) is 0 Å². The number of aliphatic carboxylic acids is 1. The van der Waals surface area contributed by atoms with E-state index >= 15 is 0 Å². The lowest BCUT2D eigenvalue weighted by atomic mass is 9.75. The van der Waals surface area contributed by atoms with Gasteiger partial charge in [0.2, 0.25) is 5.91 Å². The third kappa shape index (κ3) is 10.2. The van der Waals surface area contributed by atoms with Gasteiger partial charge in [-0.2, -0.15) is 0 Å². The molecule has 0 saturated carbocycles. The van der Waals surface area contributed by atoms with Gasteiger partial charge in [0.15, 0.2) is 5.54 Å². The molecular weight excluding hydrogens is 477 g/mol. The highest BCUT2D eigenvalue weighted by molar-refractivity contribution is 6.40. The zero-order valence-corrected chi connectivity index (χ0v) is 22.0. The second-order valence-corrected chi connectivity index (χ2v) is 11.2. The maximum atomic E-state index is 13.4. The minimum Gasteiger partial charge on any atom is -0.479 e. The molecule has 36 heavy (non-hydrogen) atoms. The SMILES string of the molecule is CC(O)C(NC(=O)OC(C)(C)C)C(=O)N1C[C@@H](CCB(O)O)C[C@](NC(=O)OC(C)(C)C)(C(=O)O)C1. The van der Waals surface area contributed by atoms with Gasteiger partial charge in [0, 0.05) is 6.54 Å². The fraction of sp³-hybridized carbons (Fsp3) is 0.818. The highest BCUT2D eigenvalue weighted by atomic mass is 16.6. The number of carboxylic acids is 1. The lowest BCUT2D eigenvalue weighted by molar-refractivity contribution is -0.152. The van der Waals surface area contributed by atoms with Crippen molar-refractivity contribution >= 4 is 31.2 Å². The third-order valence-electron chi connectivity index (χ3n) is 5.29. The number of nitrogens with zero attached hydrogens (tertiary/aromatic N) is 1. The van der Waals surface area contributed by atoms with Crippen molar-refractivity contribution in [3.63, 3.8) is 0 Å². The molecule has 0 spiro atoms. The van der Waals surface area contributed by atoms with Gasteiger partial charge in [0.25, 0.3) is 0 Å². The van der Waals surface area contributed by atoms with Crippen molar-refractivity contribution < 1.29 is 48.9 Å². The Labute approximate surface area is 211 Å². The first-order valence-electron chi connectivity index (χ1n) is 11.8. The summed E-state index contributed by atoms with van der Waals surface area (Å²) in [6, 6.07) is -1.46. The van der Waals surface area contributed by atoms with E-state index in [0.717, 1.165) is 4.90 Å². The van der Waals surface area contributed by atoms with Gasteiger partial charge in [-0.3, -0.25) is 4.79 Å². The fourth-order valence-electron chi connectivity index (χ4n) is 3.89. The number of carboxylic acid groups (broad SMARTS) is 1. The van der Waals surface area contributed by atoms with Gasteiger partial charge in [-0.05, 0) is 67.1 Å². The predicted molar refractivity (Wildman–Crippen MR) is 129 cm³/mol. The van der Waals surface area contributed by atoms with Crippen LogP contribution in [0, 0.1) is 5.92 Å². The highest BCUT2D eigenvalue weighted by Crippen LogP contribution is 2.31. The molecule has 0 aromatic rings. The first-order chi connectivity index (χ1) is 16.2. The number of alkyl carbamates (subject to hydrolysis) is 2. The van der Waals surface area contributed by atoms with Crippen molar-refractivity contribution in [1.29, 1.82) is 0 Å². The molecule has 1 fully saturated rings. The second kappa shape index (κ2) is 12.1. The maximum absolute atomic E-state index is 13.4. The minimum absolute atomic E-state index is 0.00417. The summed E-state index contributed by atoms with van der Waals surface area (Å²) in [6.07, 6.45) is -3.38. The van der Waals surface area contributed by atoms with Crippen molar-refractivity contribution in [2.45, 2.75) is 96.5 Å². The van der Waals surface area contributed by atoms with E-state index in [9.17, 15) is 39.4 Å². The zero-order chi connectivity index (χ0) is 28.1. The Kier molecular flexibility index (Phi) is 10.6. The summed E-state index contributed by atoms with van der Waals surface area (Å²) in [7, 11) is -1.65. The first kappa shape index (κ1) is 31.5. The number of hydrogen-bond acceptors (Lipinski definition) is 9. The molecule has 1 saturated heterocycles. The summed E-state index contributed by atoms with van der Waals surface area (Å²) in [5, 5.41) is 43.6. The maximum Gasteiger partial charge on any atom is 0.451 e. The van der Waals surface area contributed by atoms with Gasteiger partial charge < -0.3 is 45.3 Å². The summed E-state index contributed by atoms with van der Waals surface area (Å²) in [4.78, 5) is 51.7. The number of amides is 3. The Morgan fingerprint density at radius 3 is 2.03 bits per heavy atom. The van der Waals surface area contributed by atoms with Crippen LogP contribution in [0.3, 0.4) is 0 Å². The molecule has 1 aliphatic rings. The number of ether oxygens (including phenoxy) is 2. The van der Waals surface area contributed by atoms with Gasteiger partial charge >= 0.3 is 25.3 Å². The van der Waals surface area contributed by atoms with Crippen LogP contribution in [0.2, 0.25) is 6.32 Å². The molecule has 0 radical (unpaired) electrons. The van der Waals surface area contributed by atoms with Crippen LogP contribution < -0.4 is 10.6 Å². The third-order valence-corrected chi connectivity index (χ3v) is 5.29. The molecule has 0 aliphatic carbocycles. The smallest absolute Gasteiger partial charge is 0.451 e. The van der Waals surface area contributed by atoms with Crippen molar-refractivity contribution in [2.75, 3.05) is 13.1 Å². The number of aliphatic hydroxyl groups is 1. The van der Waals surface area contributed by atoms with Crippen molar-refractivity contribution in [3.8, 4) is 0 Å². The Morgan fingerprint density at radius 1 is 1.06 bits per heavy atom. The number of carbonyl (C=O) groups excluding carboxylic acids is 3. The van der Waals surface area contributed by atoms with Gasteiger partial charge in [-0.25, -0.2) is 14.4 Å². The van der Waals surface area contributed by atoms with Crippen molar-refractivity contribution in [2.24, 2.45) is 5.92 Å². The topological polar surface area (TPSA) is 195 Å². The number of nitrogens with one attached hydrogen (secondary N) is 2. The van der Waals surface area contributed by atoms with E-state index in [2.05, 4.69) is 10.6 Å². The fourth-order valence-corrected chi connectivity index (χ4v) is 3.89. The lowest BCUT2D eigenvalue weighted by Gasteiger charge is -2.45. The summed E-state index contributed by atoms with van der Waals surface area (Å²) in [5.74, 6) is -2.78. The van der Waals surface area contributed by atoms with E-state index < -0.39 is 72.5 Å². The molecule has 4 atom stereocenters. The molecular formula is C22H40BN3O10. The molecule has 13 nitrogen and oxygen atoms in total. The largest absolute Gasteiger partial charge is 0.479 e. The first-order valence-corrected chi connectivity index (χ1v) is 11.8. The molecule has 2 unspecified atom stereocenters. The van der Waals surface area contributed by atoms with Gasteiger partial charge in [0.05, 0.1) is 12.6 Å². The molecule has 1 aliphatic heterocycles. The molecule has 1 heterocycles. The van der Waals surface area contributed by atoms with E-state index in [-0.39, 0.29) is 25.7 Å². The minimum atomic E-state index is -1.96.